The number of likely N-dealkylation sites (tertiary alicyclic amines) is 1. The summed E-state index contributed by atoms with van der Waals surface area (Å²) in [7, 11) is 1.28. The molecule has 0 atom stereocenters. The van der Waals surface area contributed by atoms with Gasteiger partial charge in [0.2, 0.25) is 0 Å². The number of benzene rings is 3. The number of methoxy groups -OCH3 is 1. The van der Waals surface area contributed by atoms with Crippen LogP contribution in [0, 0.1) is 0 Å². The largest absolute Gasteiger partial charge is 0.507 e. The maximum atomic E-state index is 11.6. The van der Waals surface area contributed by atoms with Crippen LogP contribution < -0.4 is 4.74 Å². The molecule has 0 bridgehead atoms. The first-order chi connectivity index (χ1) is 14.2. The van der Waals surface area contributed by atoms with Crippen molar-refractivity contribution >= 4 is 5.97 Å². The van der Waals surface area contributed by atoms with Gasteiger partial charge in [0.1, 0.15) is 23.2 Å². The van der Waals surface area contributed by atoms with Gasteiger partial charge < -0.3 is 14.6 Å². The molecule has 3 aromatic rings. The summed E-state index contributed by atoms with van der Waals surface area (Å²) in [5.74, 6) is -0.176. The Hall–Kier alpha value is -3.31. The van der Waals surface area contributed by atoms with E-state index < -0.39 is 5.97 Å². The third-order valence-corrected chi connectivity index (χ3v) is 5.15. The first-order valence-corrected chi connectivity index (χ1v) is 9.57. The molecule has 1 saturated heterocycles. The summed E-state index contributed by atoms with van der Waals surface area (Å²) in [5, 5.41) is 10.0. The van der Waals surface area contributed by atoms with E-state index in [2.05, 4.69) is 58.2 Å². The summed E-state index contributed by atoms with van der Waals surface area (Å²) in [4.78, 5) is 14.0. The molecule has 0 unspecified atom stereocenters. The van der Waals surface area contributed by atoms with Gasteiger partial charge in [-0.1, -0.05) is 60.7 Å². The highest BCUT2D eigenvalue weighted by Crippen LogP contribution is 2.34. The number of ether oxygens (including phenoxy) is 2. The second kappa shape index (κ2) is 8.37. The van der Waals surface area contributed by atoms with Gasteiger partial charge in [0.25, 0.3) is 0 Å². The molecule has 3 aromatic carbocycles. The fourth-order valence-corrected chi connectivity index (χ4v) is 3.70. The molecular weight excluding hydrogens is 366 g/mol. The molecule has 4 rings (SSSR count). The second-order valence-corrected chi connectivity index (χ2v) is 7.09. The maximum absolute atomic E-state index is 11.6. The first kappa shape index (κ1) is 19.0. The lowest BCUT2D eigenvalue weighted by atomic mass is 9.94. The highest BCUT2D eigenvalue weighted by Gasteiger charge is 2.35. The number of phenols is 1. The van der Waals surface area contributed by atoms with Gasteiger partial charge in [-0.15, -0.1) is 0 Å². The molecule has 0 saturated carbocycles. The number of carbonyl (C=O) groups is 1. The minimum Gasteiger partial charge on any atom is -0.507 e. The molecule has 0 spiro atoms. The predicted molar refractivity (Wildman–Crippen MR) is 110 cm³/mol. The van der Waals surface area contributed by atoms with Crippen molar-refractivity contribution in [1.29, 1.82) is 0 Å². The van der Waals surface area contributed by atoms with Gasteiger partial charge in [0, 0.05) is 19.2 Å². The van der Waals surface area contributed by atoms with Gasteiger partial charge in [-0.25, -0.2) is 4.79 Å². The van der Waals surface area contributed by atoms with Crippen molar-refractivity contribution in [3.8, 4) is 11.5 Å². The number of phenolic OH excluding ortho intramolecular Hbond substituents is 1. The fraction of sp³-hybridized carbons (Fsp3) is 0.208. The minimum absolute atomic E-state index is 0.0216. The molecule has 0 aliphatic carbocycles. The Kier molecular flexibility index (Phi) is 5.49. The summed E-state index contributed by atoms with van der Waals surface area (Å²) in [6.07, 6.45) is 0.0216. The van der Waals surface area contributed by atoms with Gasteiger partial charge in [0.15, 0.2) is 0 Å². The van der Waals surface area contributed by atoms with Crippen molar-refractivity contribution in [1.82, 2.24) is 4.90 Å². The molecule has 1 heterocycles. The second-order valence-electron chi connectivity index (χ2n) is 7.09. The SMILES string of the molecule is COC(=O)c1ccc(OC2CN(C(c3ccccc3)c3ccccc3)C2)cc1O. The van der Waals surface area contributed by atoms with E-state index in [9.17, 15) is 9.90 Å². The Labute approximate surface area is 170 Å². The van der Waals surface area contributed by atoms with Crippen LogP contribution in [-0.4, -0.2) is 42.3 Å². The minimum atomic E-state index is -0.572. The average molecular weight is 389 g/mol. The normalized spacial score (nSPS) is 14.4. The number of rotatable bonds is 6. The highest BCUT2D eigenvalue weighted by molar-refractivity contribution is 5.92. The number of hydrogen-bond donors (Lipinski definition) is 1. The van der Waals surface area contributed by atoms with Crippen LogP contribution in [0.25, 0.3) is 0 Å². The Morgan fingerprint density at radius 2 is 1.55 bits per heavy atom. The van der Waals surface area contributed by atoms with Crippen LogP contribution >= 0.6 is 0 Å². The van der Waals surface area contributed by atoms with Gasteiger partial charge >= 0.3 is 5.97 Å². The van der Waals surface area contributed by atoms with E-state index in [4.69, 9.17) is 4.74 Å². The standard InChI is InChI=1S/C24H23NO4/c1-28-24(27)21-13-12-19(14-22(21)26)29-20-15-25(16-20)23(17-8-4-2-5-9-17)18-10-6-3-7-11-18/h2-14,20,23,26H,15-16H2,1H3. The van der Waals surface area contributed by atoms with Crippen LogP contribution in [0.5, 0.6) is 11.5 Å². The summed E-state index contributed by atoms with van der Waals surface area (Å²) in [6, 6.07) is 25.7. The zero-order valence-corrected chi connectivity index (χ0v) is 16.2. The van der Waals surface area contributed by atoms with Crippen LogP contribution in [0.3, 0.4) is 0 Å². The van der Waals surface area contributed by atoms with E-state index in [0.717, 1.165) is 13.1 Å². The smallest absolute Gasteiger partial charge is 0.341 e. The summed E-state index contributed by atoms with van der Waals surface area (Å²) in [5.41, 5.74) is 2.62. The molecule has 1 aliphatic rings. The molecule has 29 heavy (non-hydrogen) atoms. The van der Waals surface area contributed by atoms with Crippen LogP contribution in [0.15, 0.2) is 78.9 Å². The van der Waals surface area contributed by atoms with Gasteiger partial charge in [-0.3, -0.25) is 4.90 Å². The first-order valence-electron chi connectivity index (χ1n) is 9.57. The Morgan fingerprint density at radius 3 is 2.07 bits per heavy atom. The maximum Gasteiger partial charge on any atom is 0.341 e. The summed E-state index contributed by atoms with van der Waals surface area (Å²) < 4.78 is 10.6. The van der Waals surface area contributed by atoms with Crippen LogP contribution in [0.1, 0.15) is 27.5 Å². The van der Waals surface area contributed by atoms with Crippen LogP contribution in [0.4, 0.5) is 0 Å². The lowest BCUT2D eigenvalue weighted by Gasteiger charge is -2.44. The third-order valence-electron chi connectivity index (χ3n) is 5.15. The predicted octanol–water partition coefficient (Wildman–Crippen LogP) is 4.03. The molecule has 5 nitrogen and oxygen atoms in total. The van der Waals surface area contributed by atoms with Crippen LogP contribution in [-0.2, 0) is 4.74 Å². The lowest BCUT2D eigenvalue weighted by Crippen LogP contribution is -2.55. The van der Waals surface area contributed by atoms with E-state index in [-0.39, 0.29) is 23.5 Å². The lowest BCUT2D eigenvalue weighted by molar-refractivity contribution is 0.000194. The molecule has 1 fully saturated rings. The number of aromatic hydroxyl groups is 1. The monoisotopic (exact) mass is 389 g/mol. The average Bonchev–Trinajstić information content (AvgIpc) is 2.73. The number of nitrogens with zero attached hydrogens (tertiary/aromatic N) is 1. The zero-order chi connectivity index (χ0) is 20.2. The van der Waals surface area contributed by atoms with E-state index in [1.807, 2.05) is 12.1 Å². The van der Waals surface area contributed by atoms with E-state index >= 15 is 0 Å². The molecule has 1 aliphatic heterocycles. The molecular formula is C24H23NO4. The summed E-state index contributed by atoms with van der Waals surface area (Å²) >= 11 is 0. The number of carbonyl (C=O) groups excluding carboxylic acids is 1. The molecule has 0 radical (unpaired) electrons. The summed E-state index contributed by atoms with van der Waals surface area (Å²) in [6.45, 7) is 1.54. The van der Waals surface area contributed by atoms with Gasteiger partial charge in [0.05, 0.1) is 13.2 Å². The fourth-order valence-electron chi connectivity index (χ4n) is 3.70. The Balaban J connectivity index is 1.45. The van der Waals surface area contributed by atoms with Crippen molar-refractivity contribution < 1.29 is 19.4 Å². The molecule has 148 valence electrons. The quantitative estimate of drug-likeness (QED) is 0.645. The Bertz CT molecular complexity index is 929. The molecule has 1 N–H and O–H groups in total. The van der Waals surface area contributed by atoms with E-state index in [0.29, 0.717) is 5.75 Å². The van der Waals surface area contributed by atoms with Crippen molar-refractivity contribution in [3.63, 3.8) is 0 Å². The molecule has 0 aromatic heterocycles. The Morgan fingerprint density at radius 1 is 0.966 bits per heavy atom. The van der Waals surface area contributed by atoms with Gasteiger partial charge in [-0.2, -0.15) is 0 Å². The zero-order valence-electron chi connectivity index (χ0n) is 16.2. The van der Waals surface area contributed by atoms with E-state index in [1.54, 1.807) is 6.07 Å². The molecule has 5 heteroatoms. The highest BCUT2D eigenvalue weighted by atomic mass is 16.5. The van der Waals surface area contributed by atoms with Crippen molar-refractivity contribution in [2.24, 2.45) is 0 Å². The third kappa shape index (κ3) is 4.10. The number of hydrogen-bond acceptors (Lipinski definition) is 5. The van der Waals surface area contributed by atoms with Crippen molar-refractivity contribution in [2.75, 3.05) is 20.2 Å². The van der Waals surface area contributed by atoms with Crippen molar-refractivity contribution in [3.05, 3.63) is 95.6 Å². The van der Waals surface area contributed by atoms with Crippen LogP contribution in [0.2, 0.25) is 0 Å². The van der Waals surface area contributed by atoms with Crippen molar-refractivity contribution in [2.45, 2.75) is 12.1 Å². The molecule has 0 amide bonds. The number of esters is 1. The van der Waals surface area contributed by atoms with Gasteiger partial charge in [-0.05, 0) is 23.3 Å². The van der Waals surface area contributed by atoms with E-state index in [1.165, 1.54) is 30.4 Å². The topological polar surface area (TPSA) is 59.0 Å².